The number of thiophene rings is 1. The molecule has 1 fully saturated rings. The SMILES string of the molecule is CCC(=O)N1CCN(c2nc(-c3ccccc3)nc3sc4c(c23)CCCC4)CC1. The lowest BCUT2D eigenvalue weighted by Crippen LogP contribution is -2.49. The van der Waals surface area contributed by atoms with Crippen LogP contribution in [-0.2, 0) is 17.6 Å². The molecule has 0 spiro atoms. The Hall–Kier alpha value is -2.47. The molecule has 1 aliphatic carbocycles. The molecule has 3 heterocycles. The highest BCUT2D eigenvalue weighted by molar-refractivity contribution is 7.19. The number of piperazine rings is 1. The second-order valence-electron chi connectivity index (χ2n) is 7.85. The topological polar surface area (TPSA) is 49.3 Å². The fourth-order valence-corrected chi connectivity index (χ4v) is 5.73. The molecule has 0 N–H and O–H groups in total. The molecule has 0 saturated carbocycles. The van der Waals surface area contributed by atoms with E-state index in [1.54, 1.807) is 0 Å². The first-order valence-corrected chi connectivity index (χ1v) is 11.5. The van der Waals surface area contributed by atoms with E-state index in [0.717, 1.165) is 61.1 Å². The number of hydrogen-bond donors (Lipinski definition) is 0. The van der Waals surface area contributed by atoms with Crippen molar-refractivity contribution in [3.63, 3.8) is 0 Å². The first-order chi connectivity index (χ1) is 14.2. The molecule has 0 atom stereocenters. The highest BCUT2D eigenvalue weighted by Crippen LogP contribution is 2.41. The molecule has 1 aromatic carbocycles. The molecule has 0 unspecified atom stereocenters. The number of nitrogens with zero attached hydrogens (tertiary/aromatic N) is 4. The van der Waals surface area contributed by atoms with Crippen molar-refractivity contribution in [2.24, 2.45) is 0 Å². The summed E-state index contributed by atoms with van der Waals surface area (Å²) in [6.45, 7) is 5.14. The monoisotopic (exact) mass is 406 g/mol. The number of fused-ring (bicyclic) bond motifs is 3. The molecule has 2 aromatic heterocycles. The average molecular weight is 407 g/mol. The molecule has 5 nitrogen and oxygen atoms in total. The van der Waals surface area contributed by atoms with E-state index >= 15 is 0 Å². The van der Waals surface area contributed by atoms with Gasteiger partial charge in [-0.25, -0.2) is 9.97 Å². The lowest BCUT2D eigenvalue weighted by molar-refractivity contribution is -0.131. The summed E-state index contributed by atoms with van der Waals surface area (Å²) in [6.07, 6.45) is 5.39. The second-order valence-corrected chi connectivity index (χ2v) is 8.93. The number of carbonyl (C=O) groups excluding carboxylic acids is 1. The number of carbonyl (C=O) groups is 1. The minimum absolute atomic E-state index is 0.246. The van der Waals surface area contributed by atoms with Gasteiger partial charge in [-0.3, -0.25) is 4.79 Å². The van der Waals surface area contributed by atoms with Crippen LogP contribution in [0.2, 0.25) is 0 Å². The van der Waals surface area contributed by atoms with Crippen LogP contribution in [0.4, 0.5) is 5.82 Å². The third-order valence-corrected chi connectivity index (χ3v) is 7.25. The Kier molecular flexibility index (Phi) is 4.96. The van der Waals surface area contributed by atoms with Gasteiger partial charge in [0.05, 0.1) is 5.39 Å². The van der Waals surface area contributed by atoms with Gasteiger partial charge in [0, 0.05) is 43.0 Å². The first kappa shape index (κ1) is 18.6. The van der Waals surface area contributed by atoms with E-state index in [9.17, 15) is 4.79 Å². The zero-order chi connectivity index (χ0) is 19.8. The van der Waals surface area contributed by atoms with E-state index in [1.807, 2.05) is 41.4 Å². The largest absolute Gasteiger partial charge is 0.352 e. The molecule has 5 rings (SSSR count). The van der Waals surface area contributed by atoms with E-state index in [1.165, 1.54) is 28.7 Å². The van der Waals surface area contributed by atoms with Crippen LogP contribution in [0, 0.1) is 0 Å². The lowest BCUT2D eigenvalue weighted by atomic mass is 9.96. The molecule has 6 heteroatoms. The highest BCUT2D eigenvalue weighted by atomic mass is 32.1. The van der Waals surface area contributed by atoms with E-state index in [2.05, 4.69) is 17.0 Å². The third kappa shape index (κ3) is 3.39. The van der Waals surface area contributed by atoms with Gasteiger partial charge in [-0.1, -0.05) is 37.3 Å². The van der Waals surface area contributed by atoms with Gasteiger partial charge in [-0.2, -0.15) is 0 Å². The number of amides is 1. The van der Waals surface area contributed by atoms with Gasteiger partial charge >= 0.3 is 0 Å². The third-order valence-electron chi connectivity index (χ3n) is 6.06. The molecule has 1 amide bonds. The van der Waals surface area contributed by atoms with Gasteiger partial charge < -0.3 is 9.80 Å². The number of aromatic nitrogens is 2. The van der Waals surface area contributed by atoms with E-state index in [-0.39, 0.29) is 5.91 Å². The zero-order valence-corrected chi connectivity index (χ0v) is 17.7. The molecular formula is C23H26N4OS. The normalized spacial score (nSPS) is 16.9. The zero-order valence-electron chi connectivity index (χ0n) is 16.9. The maximum Gasteiger partial charge on any atom is 0.222 e. The summed E-state index contributed by atoms with van der Waals surface area (Å²) in [5, 5.41) is 1.26. The quantitative estimate of drug-likeness (QED) is 0.651. The molecule has 29 heavy (non-hydrogen) atoms. The second kappa shape index (κ2) is 7.75. The van der Waals surface area contributed by atoms with Gasteiger partial charge in [0.25, 0.3) is 0 Å². The Bertz CT molecular complexity index is 1040. The van der Waals surface area contributed by atoms with Crippen molar-refractivity contribution >= 4 is 33.3 Å². The van der Waals surface area contributed by atoms with E-state index < -0.39 is 0 Å². The van der Waals surface area contributed by atoms with Crippen LogP contribution < -0.4 is 4.90 Å². The van der Waals surface area contributed by atoms with Crippen molar-refractivity contribution < 1.29 is 4.79 Å². The van der Waals surface area contributed by atoms with E-state index in [0.29, 0.717) is 6.42 Å². The van der Waals surface area contributed by atoms with Gasteiger partial charge in [0.1, 0.15) is 10.6 Å². The van der Waals surface area contributed by atoms with Crippen LogP contribution in [0.5, 0.6) is 0 Å². The van der Waals surface area contributed by atoms with Crippen LogP contribution in [-0.4, -0.2) is 47.0 Å². The number of benzene rings is 1. The van der Waals surface area contributed by atoms with Crippen molar-refractivity contribution in [3.8, 4) is 11.4 Å². The van der Waals surface area contributed by atoms with Crippen LogP contribution in [0.3, 0.4) is 0 Å². The molecule has 150 valence electrons. The van der Waals surface area contributed by atoms with Gasteiger partial charge in [-0.15, -0.1) is 11.3 Å². The Morgan fingerprint density at radius 2 is 1.79 bits per heavy atom. The fourth-order valence-electron chi connectivity index (χ4n) is 4.47. The summed E-state index contributed by atoms with van der Waals surface area (Å²) in [4.78, 5) is 29.1. The fraction of sp³-hybridized carbons (Fsp3) is 0.435. The minimum Gasteiger partial charge on any atom is -0.352 e. The smallest absolute Gasteiger partial charge is 0.222 e. The molecule has 1 aliphatic heterocycles. The number of anilines is 1. The summed E-state index contributed by atoms with van der Waals surface area (Å²) in [5.41, 5.74) is 2.53. The minimum atomic E-state index is 0.246. The Labute approximate surface area is 175 Å². The maximum absolute atomic E-state index is 12.1. The van der Waals surface area contributed by atoms with Crippen LogP contribution in [0.15, 0.2) is 30.3 Å². The van der Waals surface area contributed by atoms with Gasteiger partial charge in [-0.05, 0) is 31.2 Å². The van der Waals surface area contributed by atoms with Gasteiger partial charge in [0.2, 0.25) is 5.91 Å². The van der Waals surface area contributed by atoms with Gasteiger partial charge in [0.15, 0.2) is 5.82 Å². The summed E-state index contributed by atoms with van der Waals surface area (Å²) < 4.78 is 0. The molecule has 0 radical (unpaired) electrons. The predicted molar refractivity (Wildman–Crippen MR) is 119 cm³/mol. The summed E-state index contributed by atoms with van der Waals surface area (Å²) in [6, 6.07) is 10.3. The number of aryl methyl sites for hydroxylation is 2. The standard InChI is InChI=1S/C23H26N4OS/c1-2-19(28)26-12-14-27(15-13-26)22-20-17-10-6-7-11-18(17)29-23(20)25-21(24-22)16-8-4-3-5-9-16/h3-5,8-9H,2,6-7,10-15H2,1H3. The van der Waals surface area contributed by atoms with Crippen molar-refractivity contribution in [3.05, 3.63) is 40.8 Å². The molecule has 2 aliphatic rings. The van der Waals surface area contributed by atoms with Crippen molar-refractivity contribution in [1.29, 1.82) is 0 Å². The van der Waals surface area contributed by atoms with Crippen molar-refractivity contribution in [1.82, 2.24) is 14.9 Å². The Morgan fingerprint density at radius 3 is 2.55 bits per heavy atom. The lowest BCUT2D eigenvalue weighted by Gasteiger charge is -2.36. The molecular weight excluding hydrogens is 380 g/mol. The maximum atomic E-state index is 12.1. The van der Waals surface area contributed by atoms with E-state index in [4.69, 9.17) is 9.97 Å². The summed E-state index contributed by atoms with van der Waals surface area (Å²) >= 11 is 1.85. The number of hydrogen-bond acceptors (Lipinski definition) is 5. The van der Waals surface area contributed by atoms with Crippen molar-refractivity contribution in [2.75, 3.05) is 31.1 Å². The van der Waals surface area contributed by atoms with Crippen LogP contribution >= 0.6 is 11.3 Å². The average Bonchev–Trinajstić information content (AvgIpc) is 3.17. The number of rotatable bonds is 3. The Balaban J connectivity index is 1.59. The predicted octanol–water partition coefficient (Wildman–Crippen LogP) is 4.30. The summed E-state index contributed by atoms with van der Waals surface area (Å²) in [5.74, 6) is 2.12. The van der Waals surface area contributed by atoms with Crippen molar-refractivity contribution in [2.45, 2.75) is 39.0 Å². The van der Waals surface area contributed by atoms with Crippen LogP contribution in [0.1, 0.15) is 36.6 Å². The molecule has 0 bridgehead atoms. The summed E-state index contributed by atoms with van der Waals surface area (Å²) in [7, 11) is 0. The Morgan fingerprint density at radius 1 is 1.03 bits per heavy atom. The molecule has 3 aromatic rings. The highest BCUT2D eigenvalue weighted by Gasteiger charge is 2.27. The molecule has 1 saturated heterocycles. The van der Waals surface area contributed by atoms with Crippen LogP contribution in [0.25, 0.3) is 21.6 Å². The first-order valence-electron chi connectivity index (χ1n) is 10.6.